The molecule has 3 saturated carbocycles. The normalized spacial score (nSPS) is 28.8. The molecule has 0 aromatic heterocycles. The molecule has 1 unspecified atom stereocenters. The molecule has 2 aromatic rings. The average Bonchev–Trinajstić information content (AvgIpc) is 3.09. The third-order valence-electron chi connectivity index (χ3n) is 6.57. The number of aryl methyl sites for hydroxylation is 1. The summed E-state index contributed by atoms with van der Waals surface area (Å²) >= 11 is 0. The molecule has 1 amide bonds. The van der Waals surface area contributed by atoms with Crippen molar-refractivity contribution >= 4 is 12.1 Å². The van der Waals surface area contributed by atoms with E-state index in [2.05, 4.69) is 5.10 Å². The highest BCUT2D eigenvalue weighted by Crippen LogP contribution is 2.74. The Morgan fingerprint density at radius 1 is 1.10 bits per heavy atom. The van der Waals surface area contributed by atoms with E-state index < -0.39 is 23.1 Å². The van der Waals surface area contributed by atoms with Gasteiger partial charge in [-0.1, -0.05) is 0 Å². The van der Waals surface area contributed by atoms with Gasteiger partial charge < -0.3 is 4.74 Å². The van der Waals surface area contributed by atoms with Crippen LogP contribution in [-0.4, -0.2) is 23.7 Å². The minimum atomic E-state index is -0.665. The van der Waals surface area contributed by atoms with Gasteiger partial charge in [0.15, 0.2) is 0 Å². The molecule has 6 rings (SSSR count). The fraction of sp³-hybridized carbons (Fsp3) is 0.391. The Labute approximate surface area is 172 Å². The number of rotatable bonds is 5. The third-order valence-corrected chi connectivity index (χ3v) is 6.57. The lowest BCUT2D eigenvalue weighted by molar-refractivity contribution is -0.226. The van der Waals surface area contributed by atoms with E-state index in [0.29, 0.717) is 43.6 Å². The minimum absolute atomic E-state index is 0.0413. The van der Waals surface area contributed by atoms with Crippen molar-refractivity contribution in [3.63, 3.8) is 0 Å². The van der Waals surface area contributed by atoms with Gasteiger partial charge in [-0.15, -0.1) is 0 Å². The summed E-state index contributed by atoms with van der Waals surface area (Å²) in [4.78, 5) is 13.2. The van der Waals surface area contributed by atoms with Crippen molar-refractivity contribution in [3.8, 4) is 5.75 Å². The zero-order valence-corrected chi connectivity index (χ0v) is 16.5. The molecule has 3 fully saturated rings. The number of hydrogen-bond acceptors (Lipinski definition) is 3. The van der Waals surface area contributed by atoms with Crippen molar-refractivity contribution in [2.75, 3.05) is 6.61 Å². The van der Waals surface area contributed by atoms with Gasteiger partial charge in [0.1, 0.15) is 23.2 Å². The number of carbonyl (C=O) groups is 1. The van der Waals surface area contributed by atoms with E-state index in [1.54, 1.807) is 19.2 Å². The van der Waals surface area contributed by atoms with Gasteiger partial charge in [-0.2, -0.15) is 5.10 Å². The van der Waals surface area contributed by atoms with Crippen molar-refractivity contribution in [2.45, 2.75) is 38.6 Å². The van der Waals surface area contributed by atoms with Crippen LogP contribution in [0.4, 0.5) is 13.2 Å². The highest BCUT2D eigenvalue weighted by atomic mass is 19.1. The monoisotopic (exact) mass is 414 g/mol. The van der Waals surface area contributed by atoms with Crippen molar-refractivity contribution < 1.29 is 22.7 Å². The van der Waals surface area contributed by atoms with Gasteiger partial charge in [0.25, 0.3) is 0 Å². The van der Waals surface area contributed by atoms with E-state index in [9.17, 15) is 18.0 Å². The van der Waals surface area contributed by atoms with Crippen LogP contribution >= 0.6 is 0 Å². The van der Waals surface area contributed by atoms with Crippen LogP contribution in [0.5, 0.6) is 5.75 Å². The Hall–Kier alpha value is -2.83. The second-order valence-electron chi connectivity index (χ2n) is 8.91. The van der Waals surface area contributed by atoms with Crippen LogP contribution in [0.25, 0.3) is 0 Å². The fourth-order valence-electron chi connectivity index (χ4n) is 5.28. The van der Waals surface area contributed by atoms with Crippen LogP contribution < -0.4 is 4.74 Å². The van der Waals surface area contributed by atoms with Crippen molar-refractivity contribution in [2.24, 2.45) is 15.9 Å². The number of benzene rings is 2. The summed E-state index contributed by atoms with van der Waals surface area (Å²) in [6.07, 6.45) is 4.16. The quantitative estimate of drug-likeness (QED) is 0.697. The molecule has 0 N–H and O–H groups in total. The largest absolute Gasteiger partial charge is 0.493 e. The van der Waals surface area contributed by atoms with E-state index in [1.807, 2.05) is 0 Å². The van der Waals surface area contributed by atoms with E-state index in [1.165, 1.54) is 29.3 Å². The maximum atomic E-state index is 13.6. The molecular formula is C23H21F3N2O2. The lowest BCUT2D eigenvalue weighted by Gasteiger charge is -2.69. The summed E-state index contributed by atoms with van der Waals surface area (Å²) in [5, 5.41) is 5.60. The zero-order chi connectivity index (χ0) is 21.1. The Balaban J connectivity index is 1.24. The predicted molar refractivity (Wildman–Crippen MR) is 104 cm³/mol. The molecule has 4 nitrogen and oxygen atoms in total. The smallest absolute Gasteiger partial charge is 0.249 e. The molecule has 3 aliphatic carbocycles. The first kappa shape index (κ1) is 19.2. The summed E-state index contributed by atoms with van der Waals surface area (Å²) < 4.78 is 46.4. The number of hydrogen-bond donors (Lipinski definition) is 0. The minimum Gasteiger partial charge on any atom is -0.493 e. The SMILES string of the molecule is Cc1cc(F)ccc1OCC12CC(C(=O)N3N=CCC3c3cc(F)cc(F)c3)(C1)C2. The van der Waals surface area contributed by atoms with Gasteiger partial charge >= 0.3 is 0 Å². The van der Waals surface area contributed by atoms with Crippen molar-refractivity contribution in [3.05, 3.63) is 65.0 Å². The lowest BCUT2D eigenvalue weighted by Crippen LogP contribution is -2.69. The van der Waals surface area contributed by atoms with Crippen molar-refractivity contribution in [1.82, 2.24) is 5.01 Å². The first-order valence-corrected chi connectivity index (χ1v) is 10.0. The van der Waals surface area contributed by atoms with Crippen LogP contribution in [0.3, 0.4) is 0 Å². The number of amides is 1. The Bertz CT molecular complexity index is 1030. The van der Waals surface area contributed by atoms with Gasteiger partial charge in [0.05, 0.1) is 18.1 Å². The molecule has 2 bridgehead atoms. The lowest BCUT2D eigenvalue weighted by atomic mass is 9.35. The first-order chi connectivity index (χ1) is 14.3. The Morgan fingerprint density at radius 2 is 1.80 bits per heavy atom. The summed E-state index contributed by atoms with van der Waals surface area (Å²) in [6.45, 7) is 2.28. The van der Waals surface area contributed by atoms with E-state index in [4.69, 9.17) is 4.74 Å². The molecule has 7 heteroatoms. The third kappa shape index (κ3) is 2.99. The van der Waals surface area contributed by atoms with Crippen molar-refractivity contribution in [1.29, 1.82) is 0 Å². The van der Waals surface area contributed by atoms with Gasteiger partial charge in [0, 0.05) is 24.1 Å². The summed E-state index contributed by atoms with van der Waals surface area (Å²) in [6, 6.07) is 7.28. The van der Waals surface area contributed by atoms with Gasteiger partial charge in [-0.25, -0.2) is 18.2 Å². The molecule has 0 radical (unpaired) electrons. The van der Waals surface area contributed by atoms with E-state index in [0.717, 1.165) is 11.6 Å². The number of halogens is 3. The Kier molecular flexibility index (Phi) is 4.21. The summed E-state index contributed by atoms with van der Waals surface area (Å²) in [5.74, 6) is -1.07. The second kappa shape index (κ2) is 6.59. The predicted octanol–water partition coefficient (Wildman–Crippen LogP) is 4.92. The molecule has 1 heterocycles. The summed E-state index contributed by atoms with van der Waals surface area (Å²) in [7, 11) is 0. The standard InChI is InChI=1S/C23H21F3N2O2/c1-14-6-16(24)2-3-20(14)30-13-22-10-23(11-22,12-22)21(29)28-19(4-5-27-28)15-7-17(25)9-18(26)8-15/h2-3,5-9,19H,4,10-13H2,1H3. The number of nitrogens with zero attached hydrogens (tertiary/aromatic N) is 2. The topological polar surface area (TPSA) is 41.9 Å². The maximum absolute atomic E-state index is 13.6. The molecule has 0 spiro atoms. The maximum Gasteiger partial charge on any atom is 0.249 e. The van der Waals surface area contributed by atoms with E-state index in [-0.39, 0.29) is 17.1 Å². The zero-order valence-electron chi connectivity index (χ0n) is 16.5. The fourth-order valence-corrected chi connectivity index (χ4v) is 5.28. The first-order valence-electron chi connectivity index (χ1n) is 10.0. The van der Waals surface area contributed by atoms with Gasteiger partial charge in [-0.3, -0.25) is 4.79 Å². The van der Waals surface area contributed by atoms with Gasteiger partial charge in [-0.05, 0) is 67.6 Å². The second-order valence-corrected chi connectivity index (χ2v) is 8.91. The molecule has 1 aliphatic heterocycles. The Morgan fingerprint density at radius 3 is 2.47 bits per heavy atom. The number of hydrazone groups is 1. The molecule has 4 aliphatic rings. The average molecular weight is 414 g/mol. The highest BCUT2D eigenvalue weighted by molar-refractivity contribution is 5.88. The number of ether oxygens (including phenoxy) is 1. The summed E-state index contributed by atoms with van der Waals surface area (Å²) in [5.41, 5.74) is 0.645. The molecule has 1 atom stereocenters. The van der Waals surface area contributed by atoms with Crippen LogP contribution in [0, 0.1) is 35.2 Å². The number of carbonyl (C=O) groups excluding carboxylic acids is 1. The van der Waals surface area contributed by atoms with Crippen LogP contribution in [0.15, 0.2) is 41.5 Å². The molecule has 156 valence electrons. The molecule has 30 heavy (non-hydrogen) atoms. The molecular weight excluding hydrogens is 393 g/mol. The van der Waals surface area contributed by atoms with Crippen LogP contribution in [0.2, 0.25) is 0 Å². The van der Waals surface area contributed by atoms with Crippen LogP contribution in [-0.2, 0) is 4.79 Å². The van der Waals surface area contributed by atoms with Crippen LogP contribution in [0.1, 0.15) is 42.9 Å². The molecule has 2 aromatic carbocycles. The molecule has 0 saturated heterocycles. The van der Waals surface area contributed by atoms with E-state index >= 15 is 0 Å². The van der Waals surface area contributed by atoms with Gasteiger partial charge in [0.2, 0.25) is 5.91 Å². The highest BCUT2D eigenvalue weighted by Gasteiger charge is 2.72.